The van der Waals surface area contributed by atoms with Gasteiger partial charge in [-0.2, -0.15) is 0 Å². The van der Waals surface area contributed by atoms with Gasteiger partial charge in [0.2, 0.25) is 0 Å². The summed E-state index contributed by atoms with van der Waals surface area (Å²) in [6, 6.07) is 1.15. The summed E-state index contributed by atoms with van der Waals surface area (Å²) in [5, 5.41) is 8.42. The van der Waals surface area contributed by atoms with Crippen molar-refractivity contribution in [2.45, 2.75) is 19.0 Å². The molecule has 1 aromatic rings. The van der Waals surface area contributed by atoms with E-state index >= 15 is 0 Å². The number of carboxylic acid groups (broad SMARTS) is 1. The molecule has 4 N–H and O–H groups in total. The number of nitrogens with one attached hydrogen (secondary N) is 1. The lowest BCUT2D eigenvalue weighted by molar-refractivity contribution is -0.137. The van der Waals surface area contributed by atoms with Crippen LogP contribution in [0.25, 0.3) is 0 Å². The molecule has 1 aromatic heterocycles. The molecule has 1 atom stereocenters. The molecule has 0 saturated heterocycles. The van der Waals surface area contributed by atoms with E-state index < -0.39 is 23.4 Å². The highest BCUT2D eigenvalue weighted by Gasteiger charge is 2.09. The van der Waals surface area contributed by atoms with Crippen LogP contribution in [0.1, 0.15) is 19.0 Å². The summed E-state index contributed by atoms with van der Waals surface area (Å²) in [5.74, 6) is -0.983. The van der Waals surface area contributed by atoms with E-state index in [4.69, 9.17) is 10.8 Å². The SMILES string of the molecule is N[C@H](CCC(=O)O)n1ccc(=O)[nH]c1=O. The van der Waals surface area contributed by atoms with Gasteiger partial charge in [-0.3, -0.25) is 19.1 Å². The highest BCUT2D eigenvalue weighted by atomic mass is 16.4. The monoisotopic (exact) mass is 213 g/mol. The number of aliphatic carboxylic acids is 1. The van der Waals surface area contributed by atoms with Crippen LogP contribution in [0, 0.1) is 0 Å². The van der Waals surface area contributed by atoms with Crippen molar-refractivity contribution in [1.82, 2.24) is 9.55 Å². The van der Waals surface area contributed by atoms with Crippen LogP contribution in [0.2, 0.25) is 0 Å². The van der Waals surface area contributed by atoms with Crippen molar-refractivity contribution >= 4 is 5.97 Å². The van der Waals surface area contributed by atoms with Gasteiger partial charge in [-0.25, -0.2) is 4.79 Å². The first-order chi connectivity index (χ1) is 7.00. The molecule has 0 saturated carbocycles. The van der Waals surface area contributed by atoms with E-state index in [2.05, 4.69) is 0 Å². The van der Waals surface area contributed by atoms with Gasteiger partial charge in [-0.15, -0.1) is 0 Å². The molecule has 7 heteroatoms. The third-order valence-electron chi connectivity index (χ3n) is 1.86. The molecule has 1 heterocycles. The molecule has 0 spiro atoms. The fourth-order valence-electron chi connectivity index (χ4n) is 1.10. The Morgan fingerprint density at radius 2 is 2.27 bits per heavy atom. The van der Waals surface area contributed by atoms with E-state index in [-0.39, 0.29) is 12.8 Å². The number of nitrogens with two attached hydrogens (primary N) is 1. The fourth-order valence-corrected chi connectivity index (χ4v) is 1.10. The van der Waals surface area contributed by atoms with Crippen molar-refractivity contribution < 1.29 is 9.90 Å². The number of hydrogen-bond acceptors (Lipinski definition) is 4. The number of rotatable bonds is 4. The van der Waals surface area contributed by atoms with Crippen LogP contribution < -0.4 is 17.0 Å². The first-order valence-electron chi connectivity index (χ1n) is 4.29. The summed E-state index contributed by atoms with van der Waals surface area (Å²) < 4.78 is 1.09. The molecular weight excluding hydrogens is 202 g/mol. The van der Waals surface area contributed by atoms with E-state index in [1.807, 2.05) is 4.98 Å². The number of nitrogens with zero attached hydrogens (tertiary/aromatic N) is 1. The Morgan fingerprint density at radius 3 is 2.80 bits per heavy atom. The lowest BCUT2D eigenvalue weighted by atomic mass is 10.2. The Bertz CT molecular complexity index is 461. The van der Waals surface area contributed by atoms with Crippen LogP contribution >= 0.6 is 0 Å². The van der Waals surface area contributed by atoms with Crippen LogP contribution in [0.4, 0.5) is 0 Å². The van der Waals surface area contributed by atoms with Gasteiger partial charge in [-0.05, 0) is 6.42 Å². The molecular formula is C8H11N3O4. The minimum Gasteiger partial charge on any atom is -0.481 e. The molecule has 0 radical (unpaired) electrons. The molecule has 0 aliphatic rings. The third-order valence-corrected chi connectivity index (χ3v) is 1.86. The fraction of sp³-hybridized carbons (Fsp3) is 0.375. The molecule has 0 aliphatic carbocycles. The molecule has 0 fully saturated rings. The van der Waals surface area contributed by atoms with Gasteiger partial charge < -0.3 is 10.8 Å². The second kappa shape index (κ2) is 4.56. The largest absolute Gasteiger partial charge is 0.481 e. The molecule has 0 amide bonds. The summed E-state index contributed by atoms with van der Waals surface area (Å²) in [4.78, 5) is 34.2. The second-order valence-corrected chi connectivity index (χ2v) is 3.02. The summed E-state index contributed by atoms with van der Waals surface area (Å²) >= 11 is 0. The summed E-state index contributed by atoms with van der Waals surface area (Å²) in [5.41, 5.74) is 4.42. The van der Waals surface area contributed by atoms with Gasteiger partial charge >= 0.3 is 11.7 Å². The van der Waals surface area contributed by atoms with Crippen LogP contribution in [-0.2, 0) is 4.79 Å². The number of hydrogen-bond donors (Lipinski definition) is 3. The maximum atomic E-state index is 11.2. The molecule has 7 nitrogen and oxygen atoms in total. The average molecular weight is 213 g/mol. The average Bonchev–Trinajstić information content (AvgIpc) is 2.14. The smallest absolute Gasteiger partial charge is 0.329 e. The van der Waals surface area contributed by atoms with Gasteiger partial charge in [0.15, 0.2) is 0 Å². The number of aromatic amines is 1. The van der Waals surface area contributed by atoms with Crippen LogP contribution in [-0.4, -0.2) is 20.6 Å². The van der Waals surface area contributed by atoms with Crippen molar-refractivity contribution in [3.05, 3.63) is 33.1 Å². The van der Waals surface area contributed by atoms with Gasteiger partial charge in [-0.1, -0.05) is 0 Å². The van der Waals surface area contributed by atoms with E-state index in [0.29, 0.717) is 0 Å². The normalized spacial score (nSPS) is 12.3. The third kappa shape index (κ3) is 3.06. The van der Waals surface area contributed by atoms with Gasteiger partial charge in [0.25, 0.3) is 5.56 Å². The molecule has 0 unspecified atom stereocenters. The first kappa shape index (κ1) is 11.2. The van der Waals surface area contributed by atoms with Crippen LogP contribution in [0.15, 0.2) is 21.9 Å². The van der Waals surface area contributed by atoms with E-state index in [1.54, 1.807) is 0 Å². The first-order valence-corrected chi connectivity index (χ1v) is 4.29. The van der Waals surface area contributed by atoms with Crippen molar-refractivity contribution in [3.63, 3.8) is 0 Å². The maximum Gasteiger partial charge on any atom is 0.329 e. The minimum absolute atomic E-state index is 0.126. The number of aromatic nitrogens is 2. The lowest BCUT2D eigenvalue weighted by Gasteiger charge is -2.12. The maximum absolute atomic E-state index is 11.2. The quantitative estimate of drug-likeness (QED) is 0.584. The highest BCUT2D eigenvalue weighted by molar-refractivity contribution is 5.66. The predicted molar refractivity (Wildman–Crippen MR) is 51.4 cm³/mol. The number of H-pyrrole nitrogens is 1. The zero-order valence-electron chi connectivity index (χ0n) is 7.84. The zero-order valence-corrected chi connectivity index (χ0v) is 7.84. The minimum atomic E-state index is -0.983. The Hall–Kier alpha value is -1.89. The Balaban J connectivity index is 2.82. The molecule has 1 rings (SSSR count). The van der Waals surface area contributed by atoms with Crippen molar-refractivity contribution in [2.75, 3.05) is 0 Å². The molecule has 82 valence electrons. The van der Waals surface area contributed by atoms with Crippen molar-refractivity contribution in [1.29, 1.82) is 0 Å². The Kier molecular flexibility index (Phi) is 3.40. The van der Waals surface area contributed by atoms with E-state index in [9.17, 15) is 14.4 Å². The highest BCUT2D eigenvalue weighted by Crippen LogP contribution is 2.02. The molecule has 0 aromatic carbocycles. The zero-order chi connectivity index (χ0) is 11.4. The number of carboxylic acids is 1. The molecule has 0 bridgehead atoms. The molecule has 15 heavy (non-hydrogen) atoms. The van der Waals surface area contributed by atoms with Crippen LogP contribution in [0.5, 0.6) is 0 Å². The van der Waals surface area contributed by atoms with Gasteiger partial charge in [0, 0.05) is 18.7 Å². The summed E-state index contributed by atoms with van der Waals surface area (Å²) in [7, 11) is 0. The Morgan fingerprint density at radius 1 is 1.60 bits per heavy atom. The molecule has 0 aliphatic heterocycles. The summed E-state index contributed by atoms with van der Waals surface area (Å²) in [6.07, 6.45) is 0.493. The van der Waals surface area contributed by atoms with E-state index in [1.165, 1.54) is 6.20 Å². The van der Waals surface area contributed by atoms with Crippen molar-refractivity contribution in [3.8, 4) is 0 Å². The Labute approximate surface area is 84.2 Å². The number of carbonyl (C=O) groups is 1. The van der Waals surface area contributed by atoms with Gasteiger partial charge in [0.05, 0.1) is 6.17 Å². The topological polar surface area (TPSA) is 118 Å². The second-order valence-electron chi connectivity index (χ2n) is 3.02. The van der Waals surface area contributed by atoms with Crippen molar-refractivity contribution in [2.24, 2.45) is 5.73 Å². The van der Waals surface area contributed by atoms with E-state index in [0.717, 1.165) is 10.6 Å². The summed E-state index contributed by atoms with van der Waals surface area (Å²) in [6.45, 7) is 0. The standard InChI is InChI=1S/C8H11N3O4/c9-5(1-2-7(13)14)11-4-3-6(12)10-8(11)15/h3-5H,1-2,9H2,(H,13,14)(H,10,12,15)/t5-/m0/s1. The lowest BCUT2D eigenvalue weighted by Crippen LogP contribution is -2.35. The van der Waals surface area contributed by atoms with Crippen LogP contribution in [0.3, 0.4) is 0 Å². The van der Waals surface area contributed by atoms with Gasteiger partial charge in [0.1, 0.15) is 0 Å². The predicted octanol–water partition coefficient (Wildman–Crippen LogP) is -1.14.